The van der Waals surface area contributed by atoms with Crippen LogP contribution in [0.15, 0.2) is 6.07 Å². The SMILES string of the molecule is CCCCCCc1c(CO)cc(C(=O)O)c(CCCCCC)c1C(=O)O. The molecule has 3 N–H and O–H groups in total. The molecule has 0 atom stereocenters. The van der Waals surface area contributed by atoms with Gasteiger partial charge < -0.3 is 15.3 Å². The highest BCUT2D eigenvalue weighted by Gasteiger charge is 2.24. The zero-order chi connectivity index (χ0) is 19.5. The predicted molar refractivity (Wildman–Crippen MR) is 102 cm³/mol. The number of carboxylic acid groups (broad SMARTS) is 2. The molecule has 1 aromatic carbocycles. The first-order chi connectivity index (χ1) is 12.5. The molecule has 1 aromatic rings. The number of carboxylic acids is 2. The van der Waals surface area contributed by atoms with Crippen LogP contribution in [0.5, 0.6) is 0 Å². The van der Waals surface area contributed by atoms with Crippen molar-refractivity contribution in [2.24, 2.45) is 0 Å². The molecule has 5 heteroatoms. The summed E-state index contributed by atoms with van der Waals surface area (Å²) in [6.45, 7) is 3.85. The van der Waals surface area contributed by atoms with Crippen LogP contribution in [0.2, 0.25) is 0 Å². The van der Waals surface area contributed by atoms with Crippen molar-refractivity contribution in [3.05, 3.63) is 33.9 Å². The van der Waals surface area contributed by atoms with E-state index in [2.05, 4.69) is 13.8 Å². The Morgan fingerprint density at radius 2 is 1.35 bits per heavy atom. The molecule has 0 saturated heterocycles. The van der Waals surface area contributed by atoms with Crippen LogP contribution >= 0.6 is 0 Å². The van der Waals surface area contributed by atoms with Gasteiger partial charge in [0, 0.05) is 0 Å². The number of aromatic carboxylic acids is 2. The summed E-state index contributed by atoms with van der Waals surface area (Å²) in [6.07, 6.45) is 8.80. The molecule has 0 unspecified atom stereocenters. The van der Waals surface area contributed by atoms with E-state index in [1.165, 1.54) is 6.07 Å². The summed E-state index contributed by atoms with van der Waals surface area (Å²) < 4.78 is 0. The zero-order valence-electron chi connectivity index (χ0n) is 16.0. The van der Waals surface area contributed by atoms with Crippen LogP contribution in [0.4, 0.5) is 0 Å². The van der Waals surface area contributed by atoms with Gasteiger partial charge in [0.1, 0.15) is 0 Å². The Hall–Kier alpha value is -1.88. The number of unbranched alkanes of at least 4 members (excludes halogenated alkanes) is 6. The molecule has 0 radical (unpaired) electrons. The van der Waals surface area contributed by atoms with Gasteiger partial charge in [-0.05, 0) is 48.4 Å². The Balaban J connectivity index is 3.32. The van der Waals surface area contributed by atoms with E-state index in [4.69, 9.17) is 0 Å². The molecule has 0 heterocycles. The average molecular weight is 364 g/mol. The van der Waals surface area contributed by atoms with E-state index in [9.17, 15) is 24.9 Å². The summed E-state index contributed by atoms with van der Waals surface area (Å²) >= 11 is 0. The van der Waals surface area contributed by atoms with E-state index in [0.29, 0.717) is 29.5 Å². The third-order valence-corrected chi connectivity index (χ3v) is 4.81. The minimum atomic E-state index is -1.13. The molecule has 0 fully saturated rings. The second-order valence-electron chi connectivity index (χ2n) is 6.81. The first-order valence-electron chi connectivity index (χ1n) is 9.72. The Kier molecular flexibility index (Phi) is 9.96. The second kappa shape index (κ2) is 11.7. The number of hydrogen-bond donors (Lipinski definition) is 3. The minimum Gasteiger partial charge on any atom is -0.478 e. The second-order valence-corrected chi connectivity index (χ2v) is 6.81. The van der Waals surface area contributed by atoms with Crippen molar-refractivity contribution >= 4 is 11.9 Å². The number of aliphatic hydroxyl groups is 1. The fourth-order valence-corrected chi connectivity index (χ4v) is 3.42. The Morgan fingerprint density at radius 3 is 1.77 bits per heavy atom. The highest BCUT2D eigenvalue weighted by molar-refractivity contribution is 5.98. The lowest BCUT2D eigenvalue weighted by Crippen LogP contribution is -2.16. The summed E-state index contributed by atoms with van der Waals surface area (Å²) in [6, 6.07) is 1.47. The number of carbonyl (C=O) groups is 2. The summed E-state index contributed by atoms with van der Waals surface area (Å²) in [5, 5.41) is 29.0. The van der Waals surface area contributed by atoms with Crippen molar-refractivity contribution in [2.45, 2.75) is 84.7 Å². The van der Waals surface area contributed by atoms with Crippen LogP contribution in [0, 0.1) is 0 Å². The number of hydrogen-bond acceptors (Lipinski definition) is 3. The highest BCUT2D eigenvalue weighted by Crippen LogP contribution is 2.28. The van der Waals surface area contributed by atoms with Crippen LogP contribution in [0.25, 0.3) is 0 Å². The summed E-state index contributed by atoms with van der Waals surface area (Å²) in [4.78, 5) is 23.7. The maximum absolute atomic E-state index is 12.0. The standard InChI is InChI=1S/C21H32O5/c1-3-5-7-9-11-16-15(14-22)13-18(20(23)24)17(19(16)21(25)26)12-10-8-6-4-2/h13,22H,3-12,14H2,1-2H3,(H,23,24)(H,25,26). The van der Waals surface area contributed by atoms with Crippen LogP contribution < -0.4 is 0 Å². The van der Waals surface area contributed by atoms with Crippen LogP contribution in [0.3, 0.4) is 0 Å². The van der Waals surface area contributed by atoms with Gasteiger partial charge in [0.05, 0.1) is 17.7 Å². The van der Waals surface area contributed by atoms with Crippen molar-refractivity contribution in [1.82, 2.24) is 0 Å². The van der Waals surface area contributed by atoms with E-state index in [1.54, 1.807) is 0 Å². The normalized spacial score (nSPS) is 10.9. The van der Waals surface area contributed by atoms with E-state index in [1.807, 2.05) is 0 Å². The van der Waals surface area contributed by atoms with Crippen molar-refractivity contribution in [1.29, 1.82) is 0 Å². The van der Waals surface area contributed by atoms with Gasteiger partial charge in [-0.25, -0.2) is 9.59 Å². The Labute approximate surface area is 156 Å². The fraction of sp³-hybridized carbons (Fsp3) is 0.619. The lowest BCUT2D eigenvalue weighted by molar-refractivity contribution is 0.0694. The van der Waals surface area contributed by atoms with Gasteiger partial charge in [0.25, 0.3) is 0 Å². The Morgan fingerprint density at radius 1 is 0.808 bits per heavy atom. The number of benzene rings is 1. The van der Waals surface area contributed by atoms with E-state index < -0.39 is 11.9 Å². The van der Waals surface area contributed by atoms with Crippen LogP contribution in [-0.4, -0.2) is 27.3 Å². The molecular formula is C21H32O5. The maximum atomic E-state index is 12.0. The molecule has 0 aliphatic heterocycles. The molecule has 5 nitrogen and oxygen atoms in total. The largest absolute Gasteiger partial charge is 0.478 e. The molecule has 0 saturated carbocycles. The van der Waals surface area contributed by atoms with Gasteiger partial charge in [-0.1, -0.05) is 52.4 Å². The third-order valence-electron chi connectivity index (χ3n) is 4.81. The molecular weight excluding hydrogens is 332 g/mol. The first-order valence-corrected chi connectivity index (χ1v) is 9.72. The van der Waals surface area contributed by atoms with Crippen LogP contribution in [-0.2, 0) is 19.4 Å². The molecule has 0 amide bonds. The van der Waals surface area contributed by atoms with Gasteiger partial charge >= 0.3 is 11.9 Å². The van der Waals surface area contributed by atoms with Gasteiger partial charge in [-0.3, -0.25) is 0 Å². The average Bonchev–Trinajstić information content (AvgIpc) is 2.61. The van der Waals surface area contributed by atoms with Crippen molar-refractivity contribution in [3.63, 3.8) is 0 Å². The zero-order valence-corrected chi connectivity index (χ0v) is 16.0. The number of aliphatic hydroxyl groups excluding tert-OH is 1. The molecule has 26 heavy (non-hydrogen) atoms. The molecule has 146 valence electrons. The van der Waals surface area contributed by atoms with Gasteiger partial charge in [-0.2, -0.15) is 0 Å². The molecule has 1 rings (SSSR count). The summed E-state index contributed by atoms with van der Waals surface area (Å²) in [7, 11) is 0. The smallest absolute Gasteiger partial charge is 0.336 e. The lowest BCUT2D eigenvalue weighted by atomic mass is 9.86. The first kappa shape index (κ1) is 22.2. The fourth-order valence-electron chi connectivity index (χ4n) is 3.42. The highest BCUT2D eigenvalue weighted by atomic mass is 16.4. The van der Waals surface area contributed by atoms with Crippen LogP contribution in [0.1, 0.15) is 103 Å². The minimum absolute atomic E-state index is 0.0141. The Bertz CT molecular complexity index is 607. The van der Waals surface area contributed by atoms with E-state index in [-0.39, 0.29) is 17.7 Å². The number of rotatable bonds is 13. The van der Waals surface area contributed by atoms with E-state index >= 15 is 0 Å². The van der Waals surface area contributed by atoms with Crippen molar-refractivity contribution in [3.8, 4) is 0 Å². The van der Waals surface area contributed by atoms with Gasteiger partial charge in [0.2, 0.25) is 0 Å². The quantitative estimate of drug-likeness (QED) is 0.436. The molecule has 0 aliphatic rings. The van der Waals surface area contributed by atoms with Crippen molar-refractivity contribution < 1.29 is 24.9 Å². The molecule has 0 bridgehead atoms. The maximum Gasteiger partial charge on any atom is 0.336 e. The molecule has 0 spiro atoms. The molecule has 0 aromatic heterocycles. The summed E-state index contributed by atoms with van der Waals surface area (Å²) in [5.41, 5.74) is 1.55. The van der Waals surface area contributed by atoms with Crippen molar-refractivity contribution in [2.75, 3.05) is 0 Å². The summed E-state index contributed by atoms with van der Waals surface area (Å²) in [5.74, 6) is -2.23. The third kappa shape index (κ3) is 6.13. The van der Waals surface area contributed by atoms with E-state index in [0.717, 1.165) is 51.4 Å². The van der Waals surface area contributed by atoms with Gasteiger partial charge in [-0.15, -0.1) is 0 Å². The van der Waals surface area contributed by atoms with Gasteiger partial charge in [0.15, 0.2) is 0 Å². The lowest BCUT2D eigenvalue weighted by Gasteiger charge is -2.18. The topological polar surface area (TPSA) is 94.8 Å². The molecule has 0 aliphatic carbocycles. The predicted octanol–water partition coefficient (Wildman–Crippen LogP) is 4.82. The monoisotopic (exact) mass is 364 g/mol.